The Bertz CT molecular complexity index is 542. The van der Waals surface area contributed by atoms with Gasteiger partial charge in [-0.05, 0) is 60.9 Å². The van der Waals surface area contributed by atoms with Crippen molar-refractivity contribution in [3.63, 3.8) is 0 Å². The highest BCUT2D eigenvalue weighted by Gasteiger charge is 2.42. The summed E-state index contributed by atoms with van der Waals surface area (Å²) in [6.07, 6.45) is 2.50. The first kappa shape index (κ1) is 16.6. The van der Waals surface area contributed by atoms with Gasteiger partial charge in [0, 0.05) is 24.0 Å². The number of hydrogen-bond donors (Lipinski definition) is 1. The number of benzene rings is 1. The number of halogens is 2. The second kappa shape index (κ2) is 7.15. The van der Waals surface area contributed by atoms with Crippen molar-refractivity contribution in [2.45, 2.75) is 36.4 Å². The molecule has 3 aliphatic rings. The van der Waals surface area contributed by atoms with Crippen LogP contribution in [0.4, 0.5) is 8.78 Å². The summed E-state index contributed by atoms with van der Waals surface area (Å²) in [5.74, 6) is 1.73. The molecule has 7 heteroatoms. The molecule has 1 aliphatic carbocycles. The average Bonchev–Trinajstić information content (AvgIpc) is 3.02. The highest BCUT2D eigenvalue weighted by Crippen LogP contribution is 2.42. The van der Waals surface area contributed by atoms with Gasteiger partial charge in [0.1, 0.15) is 5.75 Å². The van der Waals surface area contributed by atoms with Crippen LogP contribution in [0.5, 0.6) is 5.75 Å². The molecule has 2 unspecified atom stereocenters. The van der Waals surface area contributed by atoms with Gasteiger partial charge < -0.3 is 14.8 Å². The lowest BCUT2D eigenvalue weighted by atomic mass is 10.0. The van der Waals surface area contributed by atoms with Crippen LogP contribution >= 0.6 is 11.9 Å². The molecule has 4 nitrogen and oxygen atoms in total. The number of fused-ring (bicyclic) bond motifs is 1. The third-order valence-electron chi connectivity index (χ3n) is 5.11. The molecule has 3 fully saturated rings. The van der Waals surface area contributed by atoms with Crippen LogP contribution in [0.1, 0.15) is 12.8 Å². The monoisotopic (exact) mass is 356 g/mol. The van der Waals surface area contributed by atoms with Gasteiger partial charge in [-0.2, -0.15) is 8.78 Å². The van der Waals surface area contributed by atoms with Crippen molar-refractivity contribution in [1.29, 1.82) is 0 Å². The van der Waals surface area contributed by atoms with E-state index in [-0.39, 0.29) is 5.75 Å². The third-order valence-corrected chi connectivity index (χ3v) is 6.15. The number of rotatable bonds is 6. The van der Waals surface area contributed by atoms with Crippen LogP contribution in [0, 0.1) is 11.8 Å². The number of nitrogens with one attached hydrogen (secondary N) is 1. The lowest BCUT2D eigenvalue weighted by Crippen LogP contribution is -2.49. The Morgan fingerprint density at radius 1 is 1.08 bits per heavy atom. The summed E-state index contributed by atoms with van der Waals surface area (Å²) in [5.41, 5.74) is 0. The molecule has 1 saturated carbocycles. The van der Waals surface area contributed by atoms with Gasteiger partial charge in [0.05, 0.1) is 19.3 Å². The molecule has 0 bridgehead atoms. The van der Waals surface area contributed by atoms with E-state index >= 15 is 0 Å². The van der Waals surface area contributed by atoms with Gasteiger partial charge in [-0.3, -0.25) is 0 Å². The second-order valence-electron chi connectivity index (χ2n) is 6.88. The summed E-state index contributed by atoms with van der Waals surface area (Å²) in [6.45, 7) is 1.15. The lowest BCUT2D eigenvalue weighted by molar-refractivity contribution is -0.0498. The Morgan fingerprint density at radius 3 is 2.29 bits per heavy atom. The predicted molar refractivity (Wildman–Crippen MR) is 88.2 cm³/mol. The summed E-state index contributed by atoms with van der Waals surface area (Å²) in [5, 5.41) is 3.70. The van der Waals surface area contributed by atoms with Crippen molar-refractivity contribution in [3.8, 4) is 5.75 Å². The fraction of sp³-hybridized carbons (Fsp3) is 0.647. The minimum Gasteiger partial charge on any atom is -0.435 e. The molecule has 2 aliphatic heterocycles. The van der Waals surface area contributed by atoms with E-state index in [9.17, 15) is 8.78 Å². The van der Waals surface area contributed by atoms with Crippen molar-refractivity contribution in [2.75, 3.05) is 26.3 Å². The molecule has 0 aromatic heterocycles. The highest BCUT2D eigenvalue weighted by molar-refractivity contribution is 7.97. The first-order valence-corrected chi connectivity index (χ1v) is 9.24. The van der Waals surface area contributed by atoms with Crippen molar-refractivity contribution >= 4 is 11.9 Å². The van der Waals surface area contributed by atoms with E-state index in [1.165, 1.54) is 12.8 Å². The van der Waals surface area contributed by atoms with Crippen molar-refractivity contribution in [2.24, 2.45) is 11.8 Å². The Kier molecular flexibility index (Phi) is 4.94. The highest BCUT2D eigenvalue weighted by atomic mass is 32.2. The average molecular weight is 356 g/mol. The van der Waals surface area contributed by atoms with Gasteiger partial charge in [0.25, 0.3) is 0 Å². The zero-order valence-corrected chi connectivity index (χ0v) is 14.2. The van der Waals surface area contributed by atoms with E-state index in [2.05, 4.69) is 14.4 Å². The maximum Gasteiger partial charge on any atom is 0.387 e. The predicted octanol–water partition coefficient (Wildman–Crippen LogP) is 2.99. The number of hydrogen-bond acceptors (Lipinski definition) is 5. The van der Waals surface area contributed by atoms with E-state index in [1.807, 2.05) is 12.1 Å². The molecule has 24 heavy (non-hydrogen) atoms. The first-order valence-electron chi connectivity index (χ1n) is 8.47. The molecule has 0 spiro atoms. The molecule has 0 amide bonds. The fourth-order valence-corrected chi connectivity index (χ4v) is 5.05. The topological polar surface area (TPSA) is 33.7 Å². The molecule has 2 saturated heterocycles. The van der Waals surface area contributed by atoms with Crippen LogP contribution in [0.25, 0.3) is 0 Å². The van der Waals surface area contributed by atoms with Gasteiger partial charge in [-0.15, -0.1) is 0 Å². The lowest BCUT2D eigenvalue weighted by Gasteiger charge is -2.30. The van der Waals surface area contributed by atoms with E-state index < -0.39 is 6.61 Å². The Labute approximate surface area is 145 Å². The van der Waals surface area contributed by atoms with Gasteiger partial charge >= 0.3 is 6.61 Å². The Hall–Kier alpha value is -0.890. The van der Waals surface area contributed by atoms with Crippen LogP contribution in [0.15, 0.2) is 29.2 Å². The largest absolute Gasteiger partial charge is 0.435 e. The smallest absolute Gasteiger partial charge is 0.387 e. The van der Waals surface area contributed by atoms with E-state index in [0.717, 1.165) is 43.0 Å². The van der Waals surface area contributed by atoms with Crippen LogP contribution in [-0.2, 0) is 4.74 Å². The maximum atomic E-state index is 12.2. The van der Waals surface area contributed by atoms with Crippen LogP contribution in [-0.4, -0.2) is 49.3 Å². The van der Waals surface area contributed by atoms with Crippen LogP contribution in [0.3, 0.4) is 0 Å². The van der Waals surface area contributed by atoms with Crippen molar-refractivity contribution in [1.82, 2.24) is 9.62 Å². The zero-order valence-electron chi connectivity index (χ0n) is 13.4. The molecule has 0 radical (unpaired) electrons. The Morgan fingerprint density at radius 2 is 1.75 bits per heavy atom. The minimum absolute atomic E-state index is 0.210. The number of nitrogens with zero attached hydrogens (tertiary/aromatic N) is 1. The first-order chi connectivity index (χ1) is 11.7. The second-order valence-corrected chi connectivity index (χ2v) is 8.05. The molecular weight excluding hydrogens is 334 g/mol. The molecule has 132 valence electrons. The summed E-state index contributed by atoms with van der Waals surface area (Å²) in [7, 11) is 0. The van der Waals surface area contributed by atoms with Crippen LogP contribution < -0.4 is 10.1 Å². The summed E-state index contributed by atoms with van der Waals surface area (Å²) < 4.78 is 36.4. The van der Waals surface area contributed by atoms with Crippen molar-refractivity contribution < 1.29 is 18.3 Å². The number of alkyl halides is 2. The van der Waals surface area contributed by atoms with Gasteiger partial charge in [-0.1, -0.05) is 0 Å². The fourth-order valence-electron chi connectivity index (χ4n) is 3.96. The van der Waals surface area contributed by atoms with Crippen LogP contribution in [0.2, 0.25) is 0 Å². The van der Waals surface area contributed by atoms with Gasteiger partial charge in [-0.25, -0.2) is 4.31 Å². The van der Waals surface area contributed by atoms with Gasteiger partial charge in [0.15, 0.2) is 0 Å². The standard InChI is InChI=1S/C17H22F2N2O2S/c18-17(19)23-15-1-3-16(4-2-15)24-21-7-11-5-13(6-12(11)8-21)20-14-9-22-10-14/h1-4,11-14,17,20H,5-10H2. The quantitative estimate of drug-likeness (QED) is 0.793. The van der Waals surface area contributed by atoms with Gasteiger partial charge in [0.2, 0.25) is 0 Å². The van der Waals surface area contributed by atoms with E-state index in [4.69, 9.17) is 4.74 Å². The zero-order chi connectivity index (χ0) is 16.5. The maximum absolute atomic E-state index is 12.2. The summed E-state index contributed by atoms with van der Waals surface area (Å²) in [6, 6.07) is 8.10. The van der Waals surface area contributed by atoms with E-state index in [1.54, 1.807) is 24.1 Å². The summed E-state index contributed by atoms with van der Waals surface area (Å²) in [4.78, 5) is 1.07. The Balaban J connectivity index is 1.25. The minimum atomic E-state index is -2.77. The molecule has 2 atom stereocenters. The SMILES string of the molecule is FC(F)Oc1ccc(SN2CC3CC(NC4COC4)CC3C2)cc1. The third kappa shape index (κ3) is 3.85. The molecule has 2 heterocycles. The molecule has 4 rings (SSSR count). The van der Waals surface area contributed by atoms with Crippen molar-refractivity contribution in [3.05, 3.63) is 24.3 Å². The molecule has 1 aromatic rings. The molecular formula is C17H22F2N2O2S. The van der Waals surface area contributed by atoms with E-state index in [0.29, 0.717) is 12.1 Å². The molecule has 1 aromatic carbocycles. The summed E-state index contributed by atoms with van der Waals surface area (Å²) >= 11 is 1.72. The molecule has 1 N–H and O–H groups in total. The number of ether oxygens (including phenoxy) is 2. The normalized spacial score (nSPS) is 30.5.